The highest BCUT2D eigenvalue weighted by Crippen LogP contribution is 2.16. The lowest BCUT2D eigenvalue weighted by Gasteiger charge is -2.31. The molecule has 0 aromatic heterocycles. The zero-order valence-electron chi connectivity index (χ0n) is 14.4. The summed E-state index contributed by atoms with van der Waals surface area (Å²) in [5, 5.41) is 12.7. The average molecular weight is 299 g/mol. The van der Waals surface area contributed by atoms with Crippen LogP contribution in [0.5, 0.6) is 0 Å². The summed E-state index contributed by atoms with van der Waals surface area (Å²) in [4.78, 5) is 16.4. The van der Waals surface area contributed by atoms with E-state index in [4.69, 9.17) is 0 Å². The SMILES string of the molecule is CC(C)NC(C)(CCCN1CCCN(C)CC1C)C(=O)O. The lowest BCUT2D eigenvalue weighted by Crippen LogP contribution is -2.52. The van der Waals surface area contributed by atoms with Crippen molar-refractivity contribution in [3.8, 4) is 0 Å². The van der Waals surface area contributed by atoms with Crippen molar-refractivity contribution in [2.75, 3.05) is 33.2 Å². The van der Waals surface area contributed by atoms with Gasteiger partial charge in [0.25, 0.3) is 0 Å². The second-order valence-corrected chi connectivity index (χ2v) is 7.04. The summed E-state index contributed by atoms with van der Waals surface area (Å²) >= 11 is 0. The van der Waals surface area contributed by atoms with E-state index in [2.05, 4.69) is 29.1 Å². The van der Waals surface area contributed by atoms with Crippen molar-refractivity contribution in [3.05, 3.63) is 0 Å². The van der Waals surface area contributed by atoms with Gasteiger partial charge in [0.15, 0.2) is 0 Å². The zero-order valence-corrected chi connectivity index (χ0v) is 14.4. The Morgan fingerprint density at radius 1 is 1.43 bits per heavy atom. The largest absolute Gasteiger partial charge is 0.480 e. The van der Waals surface area contributed by atoms with Crippen LogP contribution in [0, 0.1) is 0 Å². The van der Waals surface area contributed by atoms with Crippen LogP contribution in [0.25, 0.3) is 0 Å². The van der Waals surface area contributed by atoms with E-state index in [1.807, 2.05) is 13.8 Å². The maximum atomic E-state index is 11.5. The highest BCUT2D eigenvalue weighted by atomic mass is 16.4. The molecule has 1 rings (SSSR count). The second-order valence-electron chi connectivity index (χ2n) is 7.04. The molecule has 0 radical (unpaired) electrons. The van der Waals surface area contributed by atoms with Crippen molar-refractivity contribution in [3.63, 3.8) is 0 Å². The summed E-state index contributed by atoms with van der Waals surface area (Å²) in [7, 11) is 2.17. The van der Waals surface area contributed by atoms with Gasteiger partial charge >= 0.3 is 5.97 Å². The normalized spacial score (nSPS) is 24.8. The Morgan fingerprint density at radius 3 is 2.67 bits per heavy atom. The van der Waals surface area contributed by atoms with Gasteiger partial charge in [-0.25, -0.2) is 0 Å². The molecule has 0 spiro atoms. The molecule has 1 saturated heterocycles. The molecule has 2 unspecified atom stereocenters. The maximum absolute atomic E-state index is 11.5. The first-order valence-corrected chi connectivity index (χ1v) is 8.18. The quantitative estimate of drug-likeness (QED) is 0.748. The van der Waals surface area contributed by atoms with Gasteiger partial charge in [-0.3, -0.25) is 15.0 Å². The molecular weight excluding hydrogens is 266 g/mol. The van der Waals surface area contributed by atoms with Gasteiger partial charge in [0.2, 0.25) is 0 Å². The Bertz CT molecular complexity index is 335. The van der Waals surface area contributed by atoms with Crippen LogP contribution in [0.4, 0.5) is 0 Å². The second kappa shape index (κ2) is 8.11. The number of carboxylic acids is 1. The number of nitrogens with zero attached hydrogens (tertiary/aromatic N) is 2. The van der Waals surface area contributed by atoms with Crippen molar-refractivity contribution in [1.82, 2.24) is 15.1 Å². The van der Waals surface area contributed by atoms with Gasteiger partial charge in [0.05, 0.1) is 0 Å². The third-order valence-electron chi connectivity index (χ3n) is 4.39. The van der Waals surface area contributed by atoms with E-state index in [0.717, 1.165) is 32.6 Å². The Kier molecular flexibility index (Phi) is 7.10. The van der Waals surface area contributed by atoms with Crippen molar-refractivity contribution in [2.24, 2.45) is 0 Å². The first-order chi connectivity index (χ1) is 9.74. The number of carbonyl (C=O) groups is 1. The molecular formula is C16H33N3O2. The number of carboxylic acid groups (broad SMARTS) is 1. The standard InChI is InChI=1S/C16H33N3O2/c1-13(2)17-16(4,15(20)21)8-6-10-19-11-7-9-18(5)12-14(19)3/h13-14,17H,6-12H2,1-5H3,(H,20,21). The van der Waals surface area contributed by atoms with E-state index in [0.29, 0.717) is 12.5 Å². The third-order valence-corrected chi connectivity index (χ3v) is 4.39. The fourth-order valence-electron chi connectivity index (χ4n) is 3.27. The molecule has 2 atom stereocenters. The van der Waals surface area contributed by atoms with Gasteiger partial charge in [0.1, 0.15) is 5.54 Å². The zero-order chi connectivity index (χ0) is 16.0. The van der Waals surface area contributed by atoms with Crippen molar-refractivity contribution in [2.45, 2.75) is 64.6 Å². The van der Waals surface area contributed by atoms with Gasteiger partial charge in [-0.1, -0.05) is 0 Å². The number of hydrogen-bond acceptors (Lipinski definition) is 4. The first-order valence-electron chi connectivity index (χ1n) is 8.18. The van der Waals surface area contributed by atoms with Gasteiger partial charge in [-0.2, -0.15) is 0 Å². The van der Waals surface area contributed by atoms with Gasteiger partial charge < -0.3 is 10.0 Å². The van der Waals surface area contributed by atoms with Gasteiger partial charge in [0, 0.05) is 18.6 Å². The molecule has 0 saturated carbocycles. The van der Waals surface area contributed by atoms with E-state index in [9.17, 15) is 9.90 Å². The van der Waals surface area contributed by atoms with Crippen LogP contribution in [0.15, 0.2) is 0 Å². The summed E-state index contributed by atoms with van der Waals surface area (Å²) in [6, 6.07) is 0.725. The van der Waals surface area contributed by atoms with Crippen molar-refractivity contribution < 1.29 is 9.90 Å². The van der Waals surface area contributed by atoms with E-state index < -0.39 is 11.5 Å². The molecule has 0 amide bonds. The maximum Gasteiger partial charge on any atom is 0.323 e. The minimum Gasteiger partial charge on any atom is -0.480 e. The molecule has 1 heterocycles. The van der Waals surface area contributed by atoms with E-state index in [1.54, 1.807) is 6.92 Å². The number of aliphatic carboxylic acids is 1. The highest BCUT2D eigenvalue weighted by Gasteiger charge is 2.33. The summed E-state index contributed by atoms with van der Waals surface area (Å²) < 4.78 is 0. The van der Waals surface area contributed by atoms with Crippen LogP contribution in [0.1, 0.15) is 47.0 Å². The third kappa shape index (κ3) is 5.93. The summed E-state index contributed by atoms with van der Waals surface area (Å²) in [6.45, 7) is 12.4. The van der Waals surface area contributed by atoms with E-state index >= 15 is 0 Å². The van der Waals surface area contributed by atoms with Gasteiger partial charge in [-0.05, 0) is 73.6 Å². The molecule has 124 valence electrons. The van der Waals surface area contributed by atoms with Crippen molar-refractivity contribution in [1.29, 1.82) is 0 Å². The Morgan fingerprint density at radius 2 is 2.10 bits per heavy atom. The molecule has 5 nitrogen and oxygen atoms in total. The molecule has 0 aromatic rings. The average Bonchev–Trinajstić information content (AvgIpc) is 2.50. The number of likely N-dealkylation sites (N-methyl/N-ethyl adjacent to an activating group) is 1. The number of nitrogens with one attached hydrogen (secondary N) is 1. The first kappa shape index (κ1) is 18.4. The smallest absolute Gasteiger partial charge is 0.323 e. The summed E-state index contributed by atoms with van der Waals surface area (Å²) in [6.07, 6.45) is 2.78. The fourth-order valence-corrected chi connectivity index (χ4v) is 3.27. The molecule has 21 heavy (non-hydrogen) atoms. The highest BCUT2D eigenvalue weighted by molar-refractivity contribution is 5.78. The molecule has 5 heteroatoms. The lowest BCUT2D eigenvalue weighted by atomic mass is 9.94. The Labute approximate surface area is 129 Å². The lowest BCUT2D eigenvalue weighted by molar-refractivity contribution is -0.144. The Hall–Kier alpha value is -0.650. The summed E-state index contributed by atoms with van der Waals surface area (Å²) in [5.41, 5.74) is -0.819. The van der Waals surface area contributed by atoms with Crippen LogP contribution in [0.3, 0.4) is 0 Å². The van der Waals surface area contributed by atoms with Gasteiger partial charge in [-0.15, -0.1) is 0 Å². The van der Waals surface area contributed by atoms with Crippen LogP contribution in [-0.4, -0.2) is 71.7 Å². The monoisotopic (exact) mass is 299 g/mol. The van der Waals surface area contributed by atoms with Crippen LogP contribution in [-0.2, 0) is 4.79 Å². The topological polar surface area (TPSA) is 55.8 Å². The minimum absolute atomic E-state index is 0.178. The van der Waals surface area contributed by atoms with Crippen molar-refractivity contribution >= 4 is 5.97 Å². The predicted molar refractivity (Wildman–Crippen MR) is 86.7 cm³/mol. The van der Waals surface area contributed by atoms with E-state index in [-0.39, 0.29) is 6.04 Å². The molecule has 1 aliphatic heterocycles. The molecule has 1 aliphatic rings. The minimum atomic E-state index is -0.819. The van der Waals surface area contributed by atoms with E-state index in [1.165, 1.54) is 6.42 Å². The van der Waals surface area contributed by atoms with Crippen LogP contribution in [0.2, 0.25) is 0 Å². The Balaban J connectivity index is 2.48. The van der Waals surface area contributed by atoms with Crippen LogP contribution >= 0.6 is 0 Å². The molecule has 2 N–H and O–H groups in total. The number of hydrogen-bond donors (Lipinski definition) is 2. The molecule has 0 aliphatic carbocycles. The number of rotatable bonds is 7. The van der Waals surface area contributed by atoms with Crippen LogP contribution < -0.4 is 5.32 Å². The fraction of sp³-hybridized carbons (Fsp3) is 0.938. The predicted octanol–water partition coefficient (Wildman–Crippen LogP) is 1.63. The molecule has 0 bridgehead atoms. The molecule has 1 fully saturated rings. The molecule has 0 aromatic carbocycles. The summed E-state index contributed by atoms with van der Waals surface area (Å²) in [5.74, 6) is -0.750.